The Labute approximate surface area is 159 Å². The number of carbonyl (C=O) groups is 1. The molecule has 2 aliphatic rings. The Balaban J connectivity index is 1.40. The molecule has 142 valence electrons. The van der Waals surface area contributed by atoms with Crippen molar-refractivity contribution in [3.63, 3.8) is 0 Å². The lowest BCUT2D eigenvalue weighted by Crippen LogP contribution is -2.42. The molecule has 2 aromatic rings. The van der Waals surface area contributed by atoms with Crippen LogP contribution >= 0.6 is 0 Å². The average molecular weight is 367 g/mol. The second-order valence-corrected chi connectivity index (χ2v) is 7.00. The average Bonchev–Trinajstić information content (AvgIpc) is 3.26. The normalized spacial score (nSPS) is 22.6. The molecule has 0 aromatic heterocycles. The number of ether oxygens (including phenoxy) is 3. The maximum absolute atomic E-state index is 13.0. The summed E-state index contributed by atoms with van der Waals surface area (Å²) in [6, 6.07) is 17.5. The van der Waals surface area contributed by atoms with E-state index < -0.39 is 0 Å². The van der Waals surface area contributed by atoms with Crippen molar-refractivity contribution in [1.29, 1.82) is 0 Å². The quantitative estimate of drug-likeness (QED) is 0.812. The molecule has 0 bridgehead atoms. The van der Waals surface area contributed by atoms with E-state index in [0.717, 1.165) is 25.0 Å². The highest BCUT2D eigenvalue weighted by molar-refractivity contribution is 5.94. The first kappa shape index (κ1) is 18.0. The molecule has 1 amide bonds. The van der Waals surface area contributed by atoms with Crippen LogP contribution in [-0.4, -0.2) is 49.8 Å². The van der Waals surface area contributed by atoms with Crippen LogP contribution in [0.15, 0.2) is 54.6 Å². The monoisotopic (exact) mass is 367 g/mol. The lowest BCUT2D eigenvalue weighted by atomic mass is 10.1. The third-order valence-corrected chi connectivity index (χ3v) is 5.07. The molecule has 0 aliphatic carbocycles. The fourth-order valence-electron chi connectivity index (χ4n) is 3.57. The van der Waals surface area contributed by atoms with Gasteiger partial charge in [-0.05, 0) is 36.6 Å². The molecule has 5 nitrogen and oxygen atoms in total. The minimum absolute atomic E-state index is 0.0156. The van der Waals surface area contributed by atoms with Gasteiger partial charge in [0.25, 0.3) is 5.91 Å². The summed E-state index contributed by atoms with van der Waals surface area (Å²) in [6.45, 7) is 3.05. The molecule has 2 unspecified atom stereocenters. The predicted octanol–water partition coefficient (Wildman–Crippen LogP) is 3.46. The van der Waals surface area contributed by atoms with Gasteiger partial charge in [0, 0.05) is 18.7 Å². The third kappa shape index (κ3) is 4.49. The lowest BCUT2D eigenvalue weighted by Gasteiger charge is -2.33. The Morgan fingerprint density at radius 1 is 1.07 bits per heavy atom. The first-order chi connectivity index (χ1) is 13.3. The molecule has 0 saturated carbocycles. The van der Waals surface area contributed by atoms with E-state index in [2.05, 4.69) is 0 Å². The summed E-state index contributed by atoms with van der Waals surface area (Å²) in [5.74, 6) is 0.728. The molecule has 2 heterocycles. The molecule has 2 fully saturated rings. The van der Waals surface area contributed by atoms with Gasteiger partial charge in [-0.1, -0.05) is 36.4 Å². The Bertz CT molecular complexity index is 758. The molecule has 4 rings (SSSR count). The van der Waals surface area contributed by atoms with E-state index in [-0.39, 0.29) is 18.1 Å². The zero-order valence-corrected chi connectivity index (χ0v) is 15.4. The second kappa shape index (κ2) is 8.55. The summed E-state index contributed by atoms with van der Waals surface area (Å²) in [7, 11) is 0. The van der Waals surface area contributed by atoms with Gasteiger partial charge in [0.2, 0.25) is 0 Å². The maximum Gasteiger partial charge on any atom is 0.254 e. The van der Waals surface area contributed by atoms with Gasteiger partial charge >= 0.3 is 0 Å². The first-order valence-corrected chi connectivity index (χ1v) is 9.60. The highest BCUT2D eigenvalue weighted by Crippen LogP contribution is 2.24. The number of hydrogen-bond acceptors (Lipinski definition) is 4. The Kier molecular flexibility index (Phi) is 5.70. The van der Waals surface area contributed by atoms with E-state index in [0.29, 0.717) is 37.6 Å². The Morgan fingerprint density at radius 2 is 1.96 bits per heavy atom. The molecular weight excluding hydrogens is 342 g/mol. The number of hydrogen-bond donors (Lipinski definition) is 0. The zero-order valence-electron chi connectivity index (χ0n) is 15.4. The van der Waals surface area contributed by atoms with Crippen molar-refractivity contribution in [1.82, 2.24) is 4.90 Å². The van der Waals surface area contributed by atoms with Gasteiger partial charge in [-0.15, -0.1) is 0 Å². The second-order valence-electron chi connectivity index (χ2n) is 7.00. The van der Waals surface area contributed by atoms with Crippen LogP contribution in [0.5, 0.6) is 5.75 Å². The van der Waals surface area contributed by atoms with Crippen LogP contribution in [0, 0.1) is 0 Å². The number of carbonyl (C=O) groups excluding carboxylic acids is 1. The van der Waals surface area contributed by atoms with Crippen molar-refractivity contribution in [3.05, 3.63) is 65.7 Å². The topological polar surface area (TPSA) is 48.0 Å². The van der Waals surface area contributed by atoms with E-state index in [1.807, 2.05) is 59.5 Å². The van der Waals surface area contributed by atoms with Crippen LogP contribution in [-0.2, 0) is 9.47 Å². The van der Waals surface area contributed by atoms with Crippen molar-refractivity contribution in [2.24, 2.45) is 0 Å². The molecule has 0 radical (unpaired) electrons. The van der Waals surface area contributed by atoms with E-state index in [9.17, 15) is 4.79 Å². The molecule has 0 spiro atoms. The van der Waals surface area contributed by atoms with Crippen molar-refractivity contribution < 1.29 is 19.0 Å². The highest BCUT2D eigenvalue weighted by Gasteiger charge is 2.26. The fraction of sp³-hybridized carbons (Fsp3) is 0.409. The maximum atomic E-state index is 13.0. The van der Waals surface area contributed by atoms with Crippen molar-refractivity contribution in [2.45, 2.75) is 25.0 Å². The van der Waals surface area contributed by atoms with E-state index in [1.54, 1.807) is 0 Å². The minimum Gasteiger partial charge on any atom is -0.491 e. The number of benzene rings is 2. The summed E-state index contributed by atoms with van der Waals surface area (Å²) in [5.41, 5.74) is 1.75. The van der Waals surface area contributed by atoms with Gasteiger partial charge < -0.3 is 19.1 Å². The Morgan fingerprint density at radius 3 is 2.78 bits per heavy atom. The largest absolute Gasteiger partial charge is 0.491 e. The van der Waals surface area contributed by atoms with Gasteiger partial charge in [0.15, 0.2) is 0 Å². The summed E-state index contributed by atoms with van der Waals surface area (Å²) in [4.78, 5) is 14.8. The standard InChI is InChI=1S/C22H25NO4/c24-22(23-11-13-26-21(15-23)17-6-2-1-3-7-17)18-8-4-9-19(14-18)27-16-20-10-5-12-25-20/h1-4,6-9,14,20-21H,5,10-13,15-16H2. The zero-order chi connectivity index (χ0) is 18.5. The fourth-order valence-corrected chi connectivity index (χ4v) is 3.57. The van der Waals surface area contributed by atoms with Crippen LogP contribution in [0.25, 0.3) is 0 Å². The van der Waals surface area contributed by atoms with Crippen LogP contribution in [0.2, 0.25) is 0 Å². The van der Waals surface area contributed by atoms with Gasteiger partial charge in [0.05, 0.1) is 19.3 Å². The molecule has 2 aromatic carbocycles. The van der Waals surface area contributed by atoms with E-state index >= 15 is 0 Å². The molecule has 2 atom stereocenters. The van der Waals surface area contributed by atoms with Gasteiger partial charge in [-0.25, -0.2) is 0 Å². The number of morpholine rings is 1. The van der Waals surface area contributed by atoms with E-state index in [4.69, 9.17) is 14.2 Å². The molecule has 0 N–H and O–H groups in total. The summed E-state index contributed by atoms with van der Waals surface area (Å²) < 4.78 is 17.3. The van der Waals surface area contributed by atoms with Crippen LogP contribution in [0.4, 0.5) is 0 Å². The molecule has 2 aliphatic heterocycles. The lowest BCUT2D eigenvalue weighted by molar-refractivity contribution is -0.0228. The van der Waals surface area contributed by atoms with Crippen LogP contribution in [0.3, 0.4) is 0 Å². The van der Waals surface area contributed by atoms with Gasteiger partial charge in [-0.3, -0.25) is 4.79 Å². The number of rotatable bonds is 5. The predicted molar refractivity (Wildman–Crippen MR) is 102 cm³/mol. The van der Waals surface area contributed by atoms with Gasteiger partial charge in [-0.2, -0.15) is 0 Å². The highest BCUT2D eigenvalue weighted by atomic mass is 16.5. The molecule has 27 heavy (non-hydrogen) atoms. The number of nitrogens with zero attached hydrogens (tertiary/aromatic N) is 1. The van der Waals surface area contributed by atoms with Gasteiger partial charge in [0.1, 0.15) is 18.5 Å². The smallest absolute Gasteiger partial charge is 0.254 e. The molecule has 2 saturated heterocycles. The SMILES string of the molecule is O=C(c1cccc(OCC2CCCO2)c1)N1CCOC(c2ccccc2)C1. The van der Waals surface area contributed by atoms with Crippen LogP contribution < -0.4 is 4.74 Å². The third-order valence-electron chi connectivity index (χ3n) is 5.07. The summed E-state index contributed by atoms with van der Waals surface area (Å²) >= 11 is 0. The van der Waals surface area contributed by atoms with Crippen molar-refractivity contribution in [3.8, 4) is 5.75 Å². The van der Waals surface area contributed by atoms with Crippen molar-refractivity contribution >= 4 is 5.91 Å². The van der Waals surface area contributed by atoms with E-state index in [1.165, 1.54) is 0 Å². The summed E-state index contributed by atoms with van der Waals surface area (Å²) in [6.07, 6.45) is 2.21. The first-order valence-electron chi connectivity index (χ1n) is 9.60. The van der Waals surface area contributed by atoms with Crippen LogP contribution in [0.1, 0.15) is 34.9 Å². The Hall–Kier alpha value is -2.37. The number of amides is 1. The molecule has 5 heteroatoms. The van der Waals surface area contributed by atoms with Crippen molar-refractivity contribution in [2.75, 3.05) is 32.9 Å². The summed E-state index contributed by atoms with van der Waals surface area (Å²) in [5, 5.41) is 0. The minimum atomic E-state index is -0.0807. The molecular formula is C22H25NO4.